The minimum Gasteiger partial charge on any atom is -0.480 e. The van der Waals surface area contributed by atoms with Gasteiger partial charge in [0.05, 0.1) is 31.9 Å². The van der Waals surface area contributed by atoms with Crippen LogP contribution in [0.2, 0.25) is 0 Å². The van der Waals surface area contributed by atoms with E-state index >= 15 is 0 Å². The quantitative estimate of drug-likeness (QED) is 0.681. The molecular weight excluding hydrogens is 264 g/mol. The summed E-state index contributed by atoms with van der Waals surface area (Å²) >= 11 is 0. The number of rotatable bonds is 5. The molecule has 116 valence electrons. The topological polar surface area (TPSA) is 99.1 Å². The van der Waals surface area contributed by atoms with Gasteiger partial charge in [-0.15, -0.1) is 0 Å². The highest BCUT2D eigenvalue weighted by atomic mass is 16.5. The fraction of sp³-hybridized carbons (Fsp3) is 0.846. The number of carboxylic acids is 1. The summed E-state index contributed by atoms with van der Waals surface area (Å²) in [5.74, 6) is -1.03. The predicted molar refractivity (Wildman–Crippen MR) is 72.5 cm³/mol. The molecule has 2 atom stereocenters. The van der Waals surface area contributed by atoms with Gasteiger partial charge in [0.2, 0.25) is 0 Å². The molecule has 1 rings (SSSR count). The smallest absolute Gasteiger partial charge is 0.329 e. The van der Waals surface area contributed by atoms with Gasteiger partial charge >= 0.3 is 12.0 Å². The first-order valence-corrected chi connectivity index (χ1v) is 6.94. The Hall–Kier alpha value is -1.34. The summed E-state index contributed by atoms with van der Waals surface area (Å²) in [6, 6.07) is -0.580. The van der Waals surface area contributed by atoms with Crippen LogP contribution in [0.5, 0.6) is 0 Å². The molecule has 0 aromatic heterocycles. The first-order chi connectivity index (χ1) is 9.40. The number of carbonyl (C=O) groups excluding carboxylic acids is 1. The average Bonchev–Trinajstić information content (AvgIpc) is 2.44. The molecule has 0 saturated carbocycles. The van der Waals surface area contributed by atoms with Crippen molar-refractivity contribution in [3.8, 4) is 0 Å². The van der Waals surface area contributed by atoms with Crippen molar-refractivity contribution in [2.75, 3.05) is 19.8 Å². The molecule has 3 N–H and O–H groups in total. The summed E-state index contributed by atoms with van der Waals surface area (Å²) in [4.78, 5) is 25.2. The number of hydrogen-bond donors (Lipinski definition) is 3. The predicted octanol–water partition coefficient (Wildman–Crippen LogP) is 0.421. The number of carbonyl (C=O) groups is 2. The van der Waals surface area contributed by atoms with Crippen LogP contribution in [-0.4, -0.2) is 64.6 Å². The summed E-state index contributed by atoms with van der Waals surface area (Å²) in [5.41, 5.74) is -1.25. The maximum absolute atomic E-state index is 12.3. The molecule has 1 aliphatic rings. The van der Waals surface area contributed by atoms with Crippen molar-refractivity contribution in [1.29, 1.82) is 0 Å². The fourth-order valence-corrected chi connectivity index (χ4v) is 2.27. The lowest BCUT2D eigenvalue weighted by atomic mass is 9.93. The van der Waals surface area contributed by atoms with Crippen molar-refractivity contribution in [3.05, 3.63) is 0 Å². The number of urea groups is 1. The van der Waals surface area contributed by atoms with Crippen LogP contribution in [0.3, 0.4) is 0 Å². The second-order valence-corrected chi connectivity index (χ2v) is 5.16. The molecule has 0 radical (unpaired) electrons. The molecule has 20 heavy (non-hydrogen) atoms. The number of hydrogen-bond acceptors (Lipinski definition) is 4. The van der Waals surface area contributed by atoms with Crippen molar-refractivity contribution in [2.45, 2.75) is 51.3 Å². The third-order valence-electron chi connectivity index (χ3n) is 3.93. The van der Waals surface area contributed by atoms with Gasteiger partial charge in [-0.1, -0.05) is 13.8 Å². The Morgan fingerprint density at radius 3 is 2.45 bits per heavy atom. The standard InChI is InChI=1S/C13H24N2O5/c1-4-13(5-2,11(17)18)14-12(19)15-6-10(7-16)20-8-9(15)3/h9-10,16H,4-8H2,1-3H3,(H,14,19)(H,17,18). The molecule has 1 fully saturated rings. The van der Waals surface area contributed by atoms with Gasteiger partial charge in [0.1, 0.15) is 5.54 Å². The average molecular weight is 288 g/mol. The van der Waals surface area contributed by atoms with Gasteiger partial charge in [0.25, 0.3) is 0 Å². The molecule has 0 aromatic rings. The minimum atomic E-state index is -1.25. The molecule has 1 aliphatic heterocycles. The normalized spacial score (nSPS) is 23.5. The fourth-order valence-electron chi connectivity index (χ4n) is 2.27. The summed E-state index contributed by atoms with van der Waals surface area (Å²) in [6.45, 7) is 5.72. The summed E-state index contributed by atoms with van der Waals surface area (Å²) in [5, 5.41) is 21.1. The van der Waals surface area contributed by atoms with Crippen LogP contribution >= 0.6 is 0 Å². The lowest BCUT2D eigenvalue weighted by Gasteiger charge is -2.39. The number of aliphatic hydroxyl groups excluding tert-OH is 1. The second kappa shape index (κ2) is 6.90. The number of nitrogens with zero attached hydrogens (tertiary/aromatic N) is 1. The van der Waals surface area contributed by atoms with Gasteiger partial charge in [-0.25, -0.2) is 9.59 Å². The highest BCUT2D eigenvalue weighted by Crippen LogP contribution is 2.18. The van der Waals surface area contributed by atoms with Crippen LogP contribution in [0.1, 0.15) is 33.6 Å². The van der Waals surface area contributed by atoms with Crippen LogP contribution in [0.15, 0.2) is 0 Å². The molecule has 2 unspecified atom stereocenters. The van der Waals surface area contributed by atoms with E-state index in [4.69, 9.17) is 9.84 Å². The van der Waals surface area contributed by atoms with E-state index in [-0.39, 0.29) is 19.2 Å². The highest BCUT2D eigenvalue weighted by molar-refractivity contribution is 5.86. The van der Waals surface area contributed by atoms with Crippen molar-refractivity contribution in [1.82, 2.24) is 10.2 Å². The number of aliphatic hydroxyl groups is 1. The number of morpholine rings is 1. The van der Waals surface area contributed by atoms with E-state index in [0.717, 1.165) is 0 Å². The van der Waals surface area contributed by atoms with E-state index in [1.807, 2.05) is 6.92 Å². The van der Waals surface area contributed by atoms with Gasteiger partial charge in [0, 0.05) is 0 Å². The van der Waals surface area contributed by atoms with E-state index in [0.29, 0.717) is 19.4 Å². The Morgan fingerprint density at radius 2 is 2.00 bits per heavy atom. The van der Waals surface area contributed by atoms with Crippen molar-refractivity contribution in [3.63, 3.8) is 0 Å². The van der Waals surface area contributed by atoms with Crippen molar-refractivity contribution < 1.29 is 24.5 Å². The lowest BCUT2D eigenvalue weighted by Crippen LogP contribution is -2.61. The molecule has 0 aliphatic carbocycles. The first-order valence-electron chi connectivity index (χ1n) is 6.94. The number of carboxylic acid groups (broad SMARTS) is 1. The van der Waals surface area contributed by atoms with E-state index < -0.39 is 23.6 Å². The molecule has 0 spiro atoms. The first kappa shape index (κ1) is 16.7. The SMILES string of the molecule is CCC(CC)(NC(=O)N1CC(CO)OCC1C)C(=O)O. The Kier molecular flexibility index (Phi) is 5.76. The second-order valence-electron chi connectivity index (χ2n) is 5.16. The van der Waals surface area contributed by atoms with Gasteiger partial charge < -0.3 is 25.2 Å². The van der Waals surface area contributed by atoms with Gasteiger partial charge in [-0.3, -0.25) is 0 Å². The molecule has 1 saturated heterocycles. The number of amides is 2. The monoisotopic (exact) mass is 288 g/mol. The van der Waals surface area contributed by atoms with Crippen LogP contribution < -0.4 is 5.32 Å². The lowest BCUT2D eigenvalue weighted by molar-refractivity contribution is -0.145. The van der Waals surface area contributed by atoms with Crippen molar-refractivity contribution in [2.24, 2.45) is 0 Å². The van der Waals surface area contributed by atoms with Gasteiger partial charge in [-0.2, -0.15) is 0 Å². The maximum Gasteiger partial charge on any atom is 0.329 e. The zero-order valence-electron chi connectivity index (χ0n) is 12.3. The molecule has 0 aromatic carbocycles. The molecule has 0 bridgehead atoms. The summed E-state index contributed by atoms with van der Waals surface area (Å²) in [7, 11) is 0. The maximum atomic E-state index is 12.3. The summed E-state index contributed by atoms with van der Waals surface area (Å²) < 4.78 is 5.36. The zero-order chi connectivity index (χ0) is 15.3. The van der Waals surface area contributed by atoms with Crippen LogP contribution in [-0.2, 0) is 9.53 Å². The van der Waals surface area contributed by atoms with Crippen LogP contribution in [0, 0.1) is 0 Å². The Morgan fingerprint density at radius 1 is 1.40 bits per heavy atom. The van der Waals surface area contributed by atoms with Gasteiger partial charge in [0.15, 0.2) is 0 Å². The van der Waals surface area contributed by atoms with Crippen molar-refractivity contribution >= 4 is 12.0 Å². The minimum absolute atomic E-state index is 0.155. The number of aliphatic carboxylic acids is 1. The molecule has 7 heteroatoms. The Labute approximate surface area is 118 Å². The molecule has 7 nitrogen and oxygen atoms in total. The van der Waals surface area contributed by atoms with E-state index in [2.05, 4.69) is 5.32 Å². The third kappa shape index (κ3) is 3.40. The van der Waals surface area contributed by atoms with Crippen LogP contribution in [0.4, 0.5) is 4.79 Å². The van der Waals surface area contributed by atoms with Gasteiger partial charge in [-0.05, 0) is 19.8 Å². The number of nitrogens with one attached hydrogen (secondary N) is 1. The Bertz CT molecular complexity index is 357. The third-order valence-corrected chi connectivity index (χ3v) is 3.93. The highest BCUT2D eigenvalue weighted by Gasteiger charge is 2.39. The van der Waals surface area contributed by atoms with E-state index in [9.17, 15) is 14.7 Å². The summed E-state index contributed by atoms with van der Waals surface area (Å²) in [6.07, 6.45) is 0.207. The number of ether oxygens (including phenoxy) is 1. The molecular formula is C13H24N2O5. The van der Waals surface area contributed by atoms with E-state index in [1.165, 1.54) is 4.90 Å². The Balaban J connectivity index is 2.80. The molecule has 2 amide bonds. The zero-order valence-corrected chi connectivity index (χ0v) is 12.3. The molecule has 1 heterocycles. The largest absolute Gasteiger partial charge is 0.480 e. The van der Waals surface area contributed by atoms with Crippen LogP contribution in [0.25, 0.3) is 0 Å². The van der Waals surface area contributed by atoms with E-state index in [1.54, 1.807) is 13.8 Å².